The van der Waals surface area contributed by atoms with E-state index >= 15 is 0 Å². The fraction of sp³-hybridized carbons (Fsp3) is 0.429. The zero-order valence-electron chi connectivity index (χ0n) is 16.2. The Morgan fingerprint density at radius 1 is 1.15 bits per heavy atom. The van der Waals surface area contributed by atoms with Crippen LogP contribution in [0.5, 0.6) is 11.5 Å². The first-order chi connectivity index (χ1) is 13.0. The van der Waals surface area contributed by atoms with Gasteiger partial charge in [0.25, 0.3) is 0 Å². The molecule has 0 radical (unpaired) electrons. The van der Waals surface area contributed by atoms with Crippen molar-refractivity contribution in [2.24, 2.45) is 0 Å². The van der Waals surface area contributed by atoms with Crippen LogP contribution in [0.4, 0.5) is 0 Å². The molecular weight excluding hydrogens is 364 g/mol. The third kappa shape index (κ3) is 7.39. The molecule has 5 nitrogen and oxygen atoms in total. The van der Waals surface area contributed by atoms with Crippen LogP contribution < -0.4 is 14.8 Å². The first kappa shape index (κ1) is 21.5. The number of nitrogens with zero attached hydrogens (tertiary/aromatic N) is 1. The molecule has 0 saturated carbocycles. The molecule has 0 fully saturated rings. The number of methoxy groups -OCH3 is 1. The molecule has 0 aliphatic rings. The van der Waals surface area contributed by atoms with Crippen molar-refractivity contribution in [2.75, 3.05) is 40.9 Å². The number of likely N-dealkylation sites (N-methyl/N-ethyl adjacent to an activating group) is 1. The smallest absolute Gasteiger partial charge is 0.124 e. The third-order valence-corrected chi connectivity index (χ3v) is 4.49. The van der Waals surface area contributed by atoms with Gasteiger partial charge in [-0.1, -0.05) is 29.8 Å². The summed E-state index contributed by atoms with van der Waals surface area (Å²) in [5.74, 6) is 1.53. The Labute approximate surface area is 166 Å². The molecular formula is C21H29ClN2O3. The number of nitrogens with one attached hydrogen (secondary N) is 1. The summed E-state index contributed by atoms with van der Waals surface area (Å²) < 4.78 is 11.2. The normalized spacial score (nSPS) is 12.2. The maximum absolute atomic E-state index is 10.0. The Bertz CT molecular complexity index is 710. The van der Waals surface area contributed by atoms with Crippen LogP contribution in [0.3, 0.4) is 0 Å². The zero-order valence-corrected chi connectivity index (χ0v) is 17.0. The maximum Gasteiger partial charge on any atom is 0.124 e. The van der Waals surface area contributed by atoms with E-state index in [9.17, 15) is 5.11 Å². The van der Waals surface area contributed by atoms with Crippen molar-refractivity contribution in [2.45, 2.75) is 19.1 Å². The monoisotopic (exact) mass is 392 g/mol. The molecule has 0 saturated heterocycles. The van der Waals surface area contributed by atoms with E-state index in [1.165, 1.54) is 0 Å². The lowest BCUT2D eigenvalue weighted by atomic mass is 10.1. The molecule has 2 rings (SSSR count). The van der Waals surface area contributed by atoms with Gasteiger partial charge >= 0.3 is 0 Å². The van der Waals surface area contributed by atoms with Crippen LogP contribution in [0.25, 0.3) is 0 Å². The molecule has 27 heavy (non-hydrogen) atoms. The number of hydrogen-bond donors (Lipinski definition) is 2. The van der Waals surface area contributed by atoms with Gasteiger partial charge in [0.15, 0.2) is 0 Å². The summed E-state index contributed by atoms with van der Waals surface area (Å²) in [5.41, 5.74) is 2.12. The van der Waals surface area contributed by atoms with Crippen LogP contribution in [0.15, 0.2) is 42.5 Å². The highest BCUT2D eigenvalue weighted by atomic mass is 35.5. The van der Waals surface area contributed by atoms with E-state index in [0.29, 0.717) is 13.1 Å². The number of ether oxygens (including phenoxy) is 2. The summed E-state index contributed by atoms with van der Waals surface area (Å²) in [7, 11) is 5.49. The van der Waals surface area contributed by atoms with Gasteiger partial charge in [-0.2, -0.15) is 0 Å². The molecule has 0 heterocycles. The first-order valence-electron chi connectivity index (χ1n) is 9.06. The van der Waals surface area contributed by atoms with Gasteiger partial charge < -0.3 is 24.8 Å². The van der Waals surface area contributed by atoms with E-state index in [-0.39, 0.29) is 6.61 Å². The van der Waals surface area contributed by atoms with Crippen LogP contribution in [0.1, 0.15) is 11.1 Å². The standard InChI is InChI=1S/C21H29ClN2O3/c1-24(2)14-18(25)15-27-21-9-8-19(26-3)12-17(21)13-23-11-10-16-6-4-5-7-20(16)22/h4-9,12,18,23,25H,10-11,13-15H2,1-3H3. The minimum absolute atomic E-state index is 0.247. The molecule has 0 aromatic heterocycles. The lowest BCUT2D eigenvalue weighted by Crippen LogP contribution is -2.30. The molecule has 1 atom stereocenters. The van der Waals surface area contributed by atoms with Crippen molar-refractivity contribution >= 4 is 11.6 Å². The van der Waals surface area contributed by atoms with Gasteiger partial charge in [0.05, 0.1) is 7.11 Å². The average Bonchev–Trinajstić information content (AvgIpc) is 2.64. The van der Waals surface area contributed by atoms with Gasteiger partial charge in [-0.15, -0.1) is 0 Å². The second kappa shape index (κ2) is 11.1. The fourth-order valence-corrected chi connectivity index (χ4v) is 3.00. The highest BCUT2D eigenvalue weighted by molar-refractivity contribution is 6.31. The van der Waals surface area contributed by atoms with Gasteiger partial charge in [0.1, 0.15) is 24.2 Å². The molecule has 0 spiro atoms. The molecule has 0 amide bonds. The summed E-state index contributed by atoms with van der Waals surface area (Å²) in [6, 6.07) is 13.6. The largest absolute Gasteiger partial charge is 0.497 e. The highest BCUT2D eigenvalue weighted by Crippen LogP contribution is 2.24. The van der Waals surface area contributed by atoms with E-state index in [1.54, 1.807) is 7.11 Å². The predicted molar refractivity (Wildman–Crippen MR) is 110 cm³/mol. The number of benzene rings is 2. The van der Waals surface area contributed by atoms with Crippen molar-refractivity contribution in [1.82, 2.24) is 10.2 Å². The Balaban J connectivity index is 1.92. The maximum atomic E-state index is 10.0. The molecule has 0 bridgehead atoms. The first-order valence-corrected chi connectivity index (χ1v) is 9.44. The molecule has 0 aliphatic heterocycles. The molecule has 0 aliphatic carbocycles. The van der Waals surface area contributed by atoms with Crippen molar-refractivity contribution in [3.63, 3.8) is 0 Å². The van der Waals surface area contributed by atoms with E-state index in [0.717, 1.165) is 40.6 Å². The Kier molecular flexibility index (Phi) is 8.88. The molecule has 2 N–H and O–H groups in total. The summed E-state index contributed by atoms with van der Waals surface area (Å²) in [6.07, 6.45) is 0.310. The number of aliphatic hydroxyl groups excluding tert-OH is 1. The second-order valence-corrected chi connectivity index (χ2v) is 7.13. The van der Waals surface area contributed by atoms with Gasteiger partial charge in [-0.25, -0.2) is 0 Å². The zero-order chi connectivity index (χ0) is 19.6. The molecule has 6 heteroatoms. The van der Waals surface area contributed by atoms with Gasteiger partial charge in [-0.05, 0) is 56.9 Å². The Morgan fingerprint density at radius 3 is 2.63 bits per heavy atom. The average molecular weight is 393 g/mol. The Hall–Kier alpha value is -1.79. The van der Waals surface area contributed by atoms with Crippen molar-refractivity contribution in [3.05, 3.63) is 58.6 Å². The quantitative estimate of drug-likeness (QED) is 0.576. The van der Waals surface area contributed by atoms with Crippen LogP contribution in [-0.4, -0.2) is 57.0 Å². The SMILES string of the molecule is COc1ccc(OCC(O)CN(C)C)c(CNCCc2ccccc2Cl)c1. The van der Waals surface area contributed by atoms with Crippen molar-refractivity contribution < 1.29 is 14.6 Å². The number of hydrogen-bond acceptors (Lipinski definition) is 5. The highest BCUT2D eigenvalue weighted by Gasteiger charge is 2.10. The van der Waals surface area contributed by atoms with Gasteiger partial charge in [0, 0.05) is 23.7 Å². The van der Waals surface area contributed by atoms with Crippen LogP contribution in [0.2, 0.25) is 5.02 Å². The van der Waals surface area contributed by atoms with E-state index in [4.69, 9.17) is 21.1 Å². The van der Waals surface area contributed by atoms with E-state index in [1.807, 2.05) is 61.5 Å². The minimum Gasteiger partial charge on any atom is -0.497 e. The predicted octanol–water partition coefficient (Wildman–Crippen LogP) is 2.98. The summed E-state index contributed by atoms with van der Waals surface area (Å²) in [6.45, 7) is 2.24. The molecule has 148 valence electrons. The fourth-order valence-electron chi connectivity index (χ4n) is 2.77. The minimum atomic E-state index is -0.539. The van der Waals surface area contributed by atoms with E-state index in [2.05, 4.69) is 5.32 Å². The van der Waals surface area contributed by atoms with Crippen LogP contribution in [0, 0.1) is 0 Å². The summed E-state index contributed by atoms with van der Waals surface area (Å²) >= 11 is 6.20. The number of rotatable bonds is 11. The summed E-state index contributed by atoms with van der Waals surface area (Å²) in [4.78, 5) is 1.93. The topological polar surface area (TPSA) is 54.0 Å². The van der Waals surface area contributed by atoms with Crippen molar-refractivity contribution in [3.8, 4) is 11.5 Å². The van der Waals surface area contributed by atoms with Gasteiger partial charge in [-0.3, -0.25) is 0 Å². The molecule has 2 aromatic rings. The second-order valence-electron chi connectivity index (χ2n) is 6.72. The van der Waals surface area contributed by atoms with E-state index < -0.39 is 6.10 Å². The molecule has 2 aromatic carbocycles. The number of halogens is 1. The third-order valence-electron chi connectivity index (χ3n) is 4.12. The summed E-state index contributed by atoms with van der Waals surface area (Å²) in [5, 5.41) is 14.2. The van der Waals surface area contributed by atoms with Gasteiger partial charge in [0.2, 0.25) is 0 Å². The van der Waals surface area contributed by atoms with Crippen LogP contribution in [-0.2, 0) is 13.0 Å². The molecule has 1 unspecified atom stereocenters. The Morgan fingerprint density at radius 2 is 1.93 bits per heavy atom. The van der Waals surface area contributed by atoms with Crippen molar-refractivity contribution in [1.29, 1.82) is 0 Å². The lowest BCUT2D eigenvalue weighted by Gasteiger charge is -2.18. The lowest BCUT2D eigenvalue weighted by molar-refractivity contribution is 0.0826. The number of aliphatic hydroxyl groups is 1. The van der Waals surface area contributed by atoms with Crippen LogP contribution >= 0.6 is 11.6 Å².